The van der Waals surface area contributed by atoms with Crippen LogP contribution in [-0.2, 0) is 4.74 Å². The second-order valence-corrected chi connectivity index (χ2v) is 13.5. The molecule has 2 saturated heterocycles. The second kappa shape index (κ2) is 18.7. The number of halogens is 2. The molecule has 0 radical (unpaired) electrons. The Kier molecular flexibility index (Phi) is 13.3. The molecule has 0 spiro atoms. The summed E-state index contributed by atoms with van der Waals surface area (Å²) in [5.74, 6) is -0.488. The number of piperazine rings is 1. The molecular formula is C45H49F2N3O. The molecular weight excluding hydrogens is 637 g/mol. The van der Waals surface area contributed by atoms with Crippen LogP contribution in [0, 0.1) is 11.6 Å². The molecule has 0 N–H and O–H groups in total. The van der Waals surface area contributed by atoms with Crippen LogP contribution < -0.4 is 0 Å². The normalized spacial score (nSPS) is 16.4. The van der Waals surface area contributed by atoms with E-state index < -0.39 is 0 Å². The molecule has 2 fully saturated rings. The molecule has 4 nitrogen and oxygen atoms in total. The molecule has 0 saturated carbocycles. The van der Waals surface area contributed by atoms with Gasteiger partial charge < -0.3 is 9.64 Å². The highest BCUT2D eigenvalue weighted by molar-refractivity contribution is 5.48. The number of benzene rings is 5. The van der Waals surface area contributed by atoms with Gasteiger partial charge in [-0.15, -0.1) is 0 Å². The summed E-state index contributed by atoms with van der Waals surface area (Å²) >= 11 is 0. The lowest BCUT2D eigenvalue weighted by molar-refractivity contribution is -0.0234. The van der Waals surface area contributed by atoms with Crippen LogP contribution in [0.5, 0.6) is 0 Å². The van der Waals surface area contributed by atoms with Crippen molar-refractivity contribution < 1.29 is 13.5 Å². The Labute approximate surface area is 302 Å². The lowest BCUT2D eigenvalue weighted by atomic mass is 9.96. The zero-order chi connectivity index (χ0) is 35.3. The number of nitrogens with zero attached hydrogens (tertiary/aromatic N) is 3. The van der Waals surface area contributed by atoms with Gasteiger partial charge in [0.15, 0.2) is 0 Å². The first-order valence-electron chi connectivity index (χ1n) is 18.1. The number of piperidine rings is 1. The first-order valence-corrected chi connectivity index (χ1v) is 18.1. The summed E-state index contributed by atoms with van der Waals surface area (Å²) in [6.07, 6.45) is 7.00. The fourth-order valence-corrected chi connectivity index (χ4v) is 6.93. The van der Waals surface area contributed by atoms with Gasteiger partial charge in [0.2, 0.25) is 0 Å². The van der Waals surface area contributed by atoms with E-state index in [1.54, 1.807) is 0 Å². The maximum absolute atomic E-state index is 13.5. The summed E-state index contributed by atoms with van der Waals surface area (Å²) in [6, 6.07) is 44.7. The smallest absolute Gasteiger partial charge is 0.123 e. The summed E-state index contributed by atoms with van der Waals surface area (Å²) in [5.41, 5.74) is 5.75. The van der Waals surface area contributed by atoms with E-state index in [2.05, 4.69) is 107 Å². The molecule has 0 aromatic heterocycles. The van der Waals surface area contributed by atoms with E-state index in [0.29, 0.717) is 6.10 Å². The van der Waals surface area contributed by atoms with Crippen LogP contribution in [0.25, 0.3) is 6.08 Å². The van der Waals surface area contributed by atoms with E-state index in [4.69, 9.17) is 4.74 Å². The third kappa shape index (κ3) is 10.8. The first kappa shape index (κ1) is 36.3. The van der Waals surface area contributed by atoms with E-state index in [0.717, 1.165) is 69.8 Å². The summed E-state index contributed by atoms with van der Waals surface area (Å²) in [5, 5.41) is 0. The zero-order valence-electron chi connectivity index (χ0n) is 29.5. The summed E-state index contributed by atoms with van der Waals surface area (Å²) < 4.78 is 33.4. The zero-order valence-corrected chi connectivity index (χ0v) is 29.5. The molecule has 0 unspecified atom stereocenters. The first-order chi connectivity index (χ1) is 25.0. The van der Waals surface area contributed by atoms with Crippen molar-refractivity contribution in [1.29, 1.82) is 0 Å². The predicted molar refractivity (Wildman–Crippen MR) is 204 cm³/mol. The maximum Gasteiger partial charge on any atom is 0.123 e. The number of ether oxygens (including phenoxy) is 1. The van der Waals surface area contributed by atoms with Crippen molar-refractivity contribution in [3.05, 3.63) is 185 Å². The topological polar surface area (TPSA) is 19.0 Å². The molecule has 5 aromatic carbocycles. The van der Waals surface area contributed by atoms with Crippen molar-refractivity contribution >= 4 is 6.08 Å². The Morgan fingerprint density at radius 3 is 1.55 bits per heavy atom. The highest BCUT2D eigenvalue weighted by Crippen LogP contribution is 2.31. The van der Waals surface area contributed by atoms with Crippen LogP contribution in [0.2, 0.25) is 0 Å². The standard InChI is InChI=1S/C26H26F2N2.C19H23NO/c27-24-12-8-22(9-13-24)26(23-10-14-25(28)15-11-23)30-19-17-29(18-20-30)16-4-7-21-5-2-1-3-6-21;1-20-14-12-18(13-15-20)21-19(16-8-4-2-5-9-16)17-10-6-3-7-11-17/h1-15,26H,16-20H2;2-11,18-19H,12-15H2,1H3/b7-4+;. The summed E-state index contributed by atoms with van der Waals surface area (Å²) in [4.78, 5) is 7.21. The molecule has 51 heavy (non-hydrogen) atoms. The summed E-state index contributed by atoms with van der Waals surface area (Å²) in [7, 11) is 2.18. The van der Waals surface area contributed by atoms with Gasteiger partial charge in [0, 0.05) is 45.8 Å². The van der Waals surface area contributed by atoms with Gasteiger partial charge in [-0.05, 0) is 72.0 Å². The van der Waals surface area contributed by atoms with E-state index in [-0.39, 0.29) is 23.8 Å². The molecule has 0 amide bonds. The number of hydrogen-bond acceptors (Lipinski definition) is 4. The highest BCUT2D eigenvalue weighted by Gasteiger charge is 2.26. The van der Waals surface area contributed by atoms with E-state index in [1.165, 1.54) is 41.0 Å². The van der Waals surface area contributed by atoms with Crippen molar-refractivity contribution in [3.8, 4) is 0 Å². The molecule has 7 rings (SSSR count). The molecule has 6 heteroatoms. The van der Waals surface area contributed by atoms with Crippen molar-refractivity contribution in [2.75, 3.05) is 52.9 Å². The molecule has 0 bridgehead atoms. The van der Waals surface area contributed by atoms with Crippen molar-refractivity contribution in [2.45, 2.75) is 31.1 Å². The second-order valence-electron chi connectivity index (χ2n) is 13.5. The van der Waals surface area contributed by atoms with Gasteiger partial charge in [0.25, 0.3) is 0 Å². The van der Waals surface area contributed by atoms with Crippen LogP contribution in [0.1, 0.15) is 52.8 Å². The summed E-state index contributed by atoms with van der Waals surface area (Å²) in [6.45, 7) is 6.88. The maximum atomic E-state index is 13.5. The lowest BCUT2D eigenvalue weighted by Crippen LogP contribution is -2.47. The van der Waals surface area contributed by atoms with Gasteiger partial charge in [0.1, 0.15) is 17.7 Å². The average Bonchev–Trinajstić information content (AvgIpc) is 3.18. The van der Waals surface area contributed by atoms with Crippen LogP contribution in [0.4, 0.5) is 8.78 Å². The Balaban J connectivity index is 0.000000187. The molecule has 264 valence electrons. The Bertz CT molecular complexity index is 1650. The Morgan fingerprint density at radius 2 is 1.06 bits per heavy atom. The molecule has 2 aliphatic heterocycles. The molecule has 2 aliphatic rings. The molecule has 2 heterocycles. The minimum absolute atomic E-state index is 0.00629. The highest BCUT2D eigenvalue weighted by atomic mass is 19.1. The van der Waals surface area contributed by atoms with Crippen LogP contribution >= 0.6 is 0 Å². The van der Waals surface area contributed by atoms with Crippen LogP contribution in [0.3, 0.4) is 0 Å². The van der Waals surface area contributed by atoms with Gasteiger partial charge in [-0.3, -0.25) is 9.80 Å². The van der Waals surface area contributed by atoms with Crippen molar-refractivity contribution in [2.24, 2.45) is 0 Å². The predicted octanol–water partition coefficient (Wildman–Crippen LogP) is 9.27. The third-order valence-electron chi connectivity index (χ3n) is 9.82. The monoisotopic (exact) mass is 685 g/mol. The van der Waals surface area contributed by atoms with Gasteiger partial charge in [-0.2, -0.15) is 0 Å². The number of likely N-dealkylation sites (tertiary alicyclic amines) is 1. The molecule has 0 atom stereocenters. The number of rotatable bonds is 10. The van der Waals surface area contributed by atoms with E-state index in [1.807, 2.05) is 42.5 Å². The van der Waals surface area contributed by atoms with Gasteiger partial charge >= 0.3 is 0 Å². The van der Waals surface area contributed by atoms with Gasteiger partial charge in [0.05, 0.1) is 12.1 Å². The fourth-order valence-electron chi connectivity index (χ4n) is 6.93. The third-order valence-corrected chi connectivity index (χ3v) is 9.82. The average molecular weight is 686 g/mol. The van der Waals surface area contributed by atoms with Crippen LogP contribution in [0.15, 0.2) is 146 Å². The van der Waals surface area contributed by atoms with Crippen LogP contribution in [-0.4, -0.2) is 73.7 Å². The fraction of sp³-hybridized carbons (Fsp3) is 0.289. The van der Waals surface area contributed by atoms with E-state index >= 15 is 0 Å². The van der Waals surface area contributed by atoms with E-state index in [9.17, 15) is 8.78 Å². The van der Waals surface area contributed by atoms with Gasteiger partial charge in [-0.25, -0.2) is 8.78 Å². The lowest BCUT2D eigenvalue weighted by Gasteiger charge is -2.39. The quantitative estimate of drug-likeness (QED) is 0.146. The molecule has 0 aliphatic carbocycles. The largest absolute Gasteiger partial charge is 0.365 e. The van der Waals surface area contributed by atoms with Crippen molar-refractivity contribution in [1.82, 2.24) is 14.7 Å². The van der Waals surface area contributed by atoms with Crippen molar-refractivity contribution in [3.63, 3.8) is 0 Å². The Morgan fingerprint density at radius 1 is 0.588 bits per heavy atom. The minimum atomic E-state index is -0.244. The van der Waals surface area contributed by atoms with Gasteiger partial charge in [-0.1, -0.05) is 127 Å². The Hall–Kier alpha value is -4.46. The minimum Gasteiger partial charge on any atom is -0.365 e. The molecule has 5 aromatic rings. The SMILES string of the molecule is CN1CCC(OC(c2ccccc2)c2ccccc2)CC1.Fc1ccc(C(c2ccc(F)cc2)N2CCN(C/C=C/c3ccccc3)CC2)cc1. The number of hydrogen-bond donors (Lipinski definition) is 0.